The number of aliphatic hydroxyl groups is 5. The highest BCUT2D eigenvalue weighted by Gasteiger charge is 2.44. The molecule has 1 fully saturated rings. The van der Waals surface area contributed by atoms with Gasteiger partial charge in [-0.05, 0) is 70.6 Å². The maximum Gasteiger partial charge on any atom is 0.305 e. The molecule has 6 N–H and O–H groups in total. The van der Waals surface area contributed by atoms with Gasteiger partial charge < -0.3 is 45.1 Å². The average Bonchev–Trinajstić information content (AvgIpc) is 3.31. The molecule has 1 saturated heterocycles. The number of carbonyl (C=O) groups is 2. The van der Waals surface area contributed by atoms with E-state index in [0.29, 0.717) is 19.4 Å². The maximum absolute atomic E-state index is 12.9. The van der Waals surface area contributed by atoms with Crippen LogP contribution in [-0.2, 0) is 23.8 Å². The molecule has 0 aromatic heterocycles. The molecule has 0 aromatic carbocycles. The SMILES string of the molecule is CCCCC/C=C/CC/C=C/C(O)C(COC1OC(CO)C(O)C(O)C1O)NC(=O)CCCCCCC/C=C\CCCCCCCCCOC(=O)CCCCCCCCCCCCCCC. The van der Waals surface area contributed by atoms with E-state index < -0.39 is 49.5 Å². The van der Waals surface area contributed by atoms with Gasteiger partial charge in [0.05, 0.1) is 32.0 Å². The third-order valence-electron chi connectivity index (χ3n) is 12.7. The van der Waals surface area contributed by atoms with Crippen LogP contribution in [0.15, 0.2) is 36.5 Å². The van der Waals surface area contributed by atoms with Crippen LogP contribution < -0.4 is 5.32 Å². The largest absolute Gasteiger partial charge is 0.466 e. The molecule has 1 rings (SSSR count). The van der Waals surface area contributed by atoms with Crippen LogP contribution in [0.4, 0.5) is 0 Å². The van der Waals surface area contributed by atoms with E-state index in [1.807, 2.05) is 6.08 Å². The van der Waals surface area contributed by atoms with Crippen LogP contribution in [0.25, 0.3) is 0 Å². The minimum atomic E-state index is -1.58. The van der Waals surface area contributed by atoms with Crippen molar-refractivity contribution in [2.45, 2.75) is 281 Å². The molecule has 7 unspecified atom stereocenters. The smallest absolute Gasteiger partial charge is 0.305 e. The fraction of sp³-hybridized carbons (Fsp3) is 0.855. The fourth-order valence-electron chi connectivity index (χ4n) is 8.33. The number of hydrogen-bond acceptors (Lipinski definition) is 10. The van der Waals surface area contributed by atoms with E-state index in [9.17, 15) is 35.1 Å². The van der Waals surface area contributed by atoms with Crippen LogP contribution in [0.1, 0.15) is 239 Å². The van der Waals surface area contributed by atoms with E-state index in [1.165, 1.54) is 122 Å². The standard InChI is InChI=1S/C55H101NO10/c1-3-5-7-9-11-13-14-19-23-27-31-35-39-43-51(60)64-44-40-36-32-28-24-21-18-16-15-17-20-22-26-30-34-38-42-50(59)56-47(48(58)41-37-33-29-25-12-10-8-6-4-2)46-65-55-54(63)53(62)52(61)49(45-57)66-55/h12,15,17,25,37,41,47-49,52-55,57-58,61-63H,3-11,13-14,16,18-24,26-36,38-40,42-46H2,1-2H3,(H,56,59)/b17-15-,25-12+,41-37+. The van der Waals surface area contributed by atoms with Crippen LogP contribution in [0, 0.1) is 0 Å². The number of amides is 1. The van der Waals surface area contributed by atoms with E-state index in [0.717, 1.165) is 89.9 Å². The Hall–Kier alpha value is -2.12. The van der Waals surface area contributed by atoms with Crippen molar-refractivity contribution >= 4 is 11.9 Å². The molecule has 0 radical (unpaired) electrons. The Kier molecular flexibility index (Phi) is 42.5. The minimum Gasteiger partial charge on any atom is -0.466 e. The average molecular weight is 936 g/mol. The zero-order chi connectivity index (χ0) is 48.1. The lowest BCUT2D eigenvalue weighted by atomic mass is 9.99. The second-order valence-electron chi connectivity index (χ2n) is 18.9. The van der Waals surface area contributed by atoms with Crippen molar-refractivity contribution in [2.75, 3.05) is 19.8 Å². The van der Waals surface area contributed by atoms with Crippen LogP contribution in [0.2, 0.25) is 0 Å². The van der Waals surface area contributed by atoms with Crippen molar-refractivity contribution in [3.05, 3.63) is 36.5 Å². The van der Waals surface area contributed by atoms with Crippen molar-refractivity contribution in [3.63, 3.8) is 0 Å². The van der Waals surface area contributed by atoms with E-state index in [1.54, 1.807) is 6.08 Å². The Balaban J connectivity index is 2.10. The molecule has 0 saturated carbocycles. The summed E-state index contributed by atoms with van der Waals surface area (Å²) >= 11 is 0. The van der Waals surface area contributed by atoms with Crippen LogP contribution >= 0.6 is 0 Å². The molecular weight excluding hydrogens is 835 g/mol. The second kappa shape index (κ2) is 45.3. The van der Waals surface area contributed by atoms with Crippen LogP contribution in [0.3, 0.4) is 0 Å². The van der Waals surface area contributed by atoms with Crippen LogP contribution in [0.5, 0.6) is 0 Å². The number of carbonyl (C=O) groups excluding carboxylic acids is 2. The highest BCUT2D eigenvalue weighted by molar-refractivity contribution is 5.76. The molecule has 386 valence electrons. The van der Waals surface area contributed by atoms with E-state index in [4.69, 9.17) is 14.2 Å². The number of allylic oxidation sites excluding steroid dienone is 5. The third-order valence-corrected chi connectivity index (χ3v) is 12.7. The van der Waals surface area contributed by atoms with Crippen molar-refractivity contribution in [3.8, 4) is 0 Å². The van der Waals surface area contributed by atoms with Gasteiger partial charge in [-0.2, -0.15) is 0 Å². The molecule has 1 amide bonds. The number of ether oxygens (including phenoxy) is 3. The molecule has 0 spiro atoms. The van der Waals surface area contributed by atoms with Gasteiger partial charge in [-0.25, -0.2) is 0 Å². The molecule has 7 atom stereocenters. The Morgan fingerprint density at radius 1 is 0.545 bits per heavy atom. The summed E-state index contributed by atoms with van der Waals surface area (Å²) < 4.78 is 16.6. The number of rotatable bonds is 46. The first-order valence-electron chi connectivity index (χ1n) is 27.3. The van der Waals surface area contributed by atoms with Gasteiger partial charge in [-0.1, -0.05) is 192 Å². The number of unbranched alkanes of at least 4 members (excludes halogenated alkanes) is 28. The molecule has 0 bridgehead atoms. The predicted octanol–water partition coefficient (Wildman–Crippen LogP) is 11.6. The number of nitrogens with one attached hydrogen (secondary N) is 1. The predicted molar refractivity (Wildman–Crippen MR) is 269 cm³/mol. The lowest BCUT2D eigenvalue weighted by Gasteiger charge is -2.40. The summed E-state index contributed by atoms with van der Waals surface area (Å²) in [6.45, 7) is 4.23. The van der Waals surface area contributed by atoms with Crippen molar-refractivity contribution in [1.29, 1.82) is 0 Å². The Morgan fingerprint density at radius 3 is 1.53 bits per heavy atom. The first kappa shape index (κ1) is 61.9. The number of aliphatic hydroxyl groups excluding tert-OH is 5. The van der Waals surface area contributed by atoms with Gasteiger partial charge in [0.15, 0.2) is 6.29 Å². The molecule has 11 heteroatoms. The number of hydrogen-bond donors (Lipinski definition) is 6. The monoisotopic (exact) mass is 936 g/mol. The first-order chi connectivity index (χ1) is 32.2. The number of esters is 1. The maximum atomic E-state index is 12.9. The molecule has 1 aliphatic heterocycles. The highest BCUT2D eigenvalue weighted by atomic mass is 16.7. The van der Waals surface area contributed by atoms with Gasteiger partial charge in [0.2, 0.25) is 5.91 Å². The topological polar surface area (TPSA) is 175 Å². The van der Waals surface area contributed by atoms with Gasteiger partial charge in [0.1, 0.15) is 24.4 Å². The van der Waals surface area contributed by atoms with E-state index in [2.05, 4.69) is 43.5 Å². The van der Waals surface area contributed by atoms with Gasteiger partial charge in [-0.15, -0.1) is 0 Å². The molecular formula is C55H101NO10. The van der Waals surface area contributed by atoms with Crippen LogP contribution in [-0.4, -0.2) is 100 Å². The summed E-state index contributed by atoms with van der Waals surface area (Å²) in [5.41, 5.74) is 0. The molecule has 66 heavy (non-hydrogen) atoms. The van der Waals surface area contributed by atoms with Gasteiger partial charge in [0, 0.05) is 12.8 Å². The van der Waals surface area contributed by atoms with Crippen molar-refractivity contribution in [1.82, 2.24) is 5.32 Å². The summed E-state index contributed by atoms with van der Waals surface area (Å²) in [4.78, 5) is 25.0. The second-order valence-corrected chi connectivity index (χ2v) is 18.9. The molecule has 1 aliphatic rings. The Morgan fingerprint density at radius 2 is 0.985 bits per heavy atom. The molecule has 0 aromatic rings. The molecule has 1 heterocycles. The highest BCUT2D eigenvalue weighted by Crippen LogP contribution is 2.23. The minimum absolute atomic E-state index is 0.0208. The zero-order valence-corrected chi connectivity index (χ0v) is 42.2. The third kappa shape index (κ3) is 35.1. The summed E-state index contributed by atoms with van der Waals surface area (Å²) in [5.74, 6) is -0.233. The molecule has 11 nitrogen and oxygen atoms in total. The van der Waals surface area contributed by atoms with Gasteiger partial charge in [0.25, 0.3) is 0 Å². The quantitative estimate of drug-likeness (QED) is 0.0196. The molecule has 0 aliphatic carbocycles. The van der Waals surface area contributed by atoms with E-state index in [-0.39, 0.29) is 18.5 Å². The van der Waals surface area contributed by atoms with Gasteiger partial charge in [-0.3, -0.25) is 9.59 Å². The van der Waals surface area contributed by atoms with Gasteiger partial charge >= 0.3 is 5.97 Å². The lowest BCUT2D eigenvalue weighted by Crippen LogP contribution is -2.60. The summed E-state index contributed by atoms with van der Waals surface area (Å²) in [6.07, 6.45) is 43.8. The normalized spacial score (nSPS) is 19.9. The van der Waals surface area contributed by atoms with E-state index >= 15 is 0 Å². The van der Waals surface area contributed by atoms with Crippen molar-refractivity contribution in [2.24, 2.45) is 0 Å². The van der Waals surface area contributed by atoms with Crippen molar-refractivity contribution < 1.29 is 49.3 Å². The summed E-state index contributed by atoms with van der Waals surface area (Å²) in [6, 6.07) is -0.838. The Labute approximate surface area is 403 Å². The first-order valence-corrected chi connectivity index (χ1v) is 27.3. The lowest BCUT2D eigenvalue weighted by molar-refractivity contribution is -0.302. The Bertz CT molecular complexity index is 1190. The fourth-order valence-corrected chi connectivity index (χ4v) is 8.33. The summed E-state index contributed by atoms with van der Waals surface area (Å²) in [5, 5.41) is 54.0. The summed E-state index contributed by atoms with van der Waals surface area (Å²) in [7, 11) is 0. The zero-order valence-electron chi connectivity index (χ0n) is 42.2.